The third-order valence-electron chi connectivity index (χ3n) is 3.69. The molecule has 1 amide bonds. The number of amides is 1. The summed E-state index contributed by atoms with van der Waals surface area (Å²) in [7, 11) is 0. The second-order valence-electron chi connectivity index (χ2n) is 5.54. The van der Waals surface area contributed by atoms with Gasteiger partial charge in [0.2, 0.25) is 5.95 Å². The van der Waals surface area contributed by atoms with E-state index in [1.54, 1.807) is 25.1 Å². The number of carbonyl (C=O) groups is 2. The smallest absolute Gasteiger partial charge is 0.338 e. The van der Waals surface area contributed by atoms with E-state index in [1.165, 1.54) is 28.0 Å². The van der Waals surface area contributed by atoms with Crippen molar-refractivity contribution in [2.24, 2.45) is 0 Å². The van der Waals surface area contributed by atoms with Gasteiger partial charge in [-0.3, -0.25) is 14.8 Å². The number of nitrogens with zero attached hydrogens (tertiary/aromatic N) is 5. The molecule has 2 aromatic heterocycles. The molecule has 134 valence electrons. The van der Waals surface area contributed by atoms with Gasteiger partial charge < -0.3 is 5.11 Å². The normalized spacial score (nSPS) is 11.9. The number of carbonyl (C=O) groups excluding carboxylic acids is 1. The van der Waals surface area contributed by atoms with Gasteiger partial charge in [-0.25, -0.2) is 18.9 Å². The first-order valence-corrected chi connectivity index (χ1v) is 7.65. The highest BCUT2D eigenvalue weighted by Gasteiger charge is 2.19. The van der Waals surface area contributed by atoms with Gasteiger partial charge in [0.1, 0.15) is 18.2 Å². The van der Waals surface area contributed by atoms with Crippen LogP contribution in [0.4, 0.5) is 10.3 Å². The van der Waals surface area contributed by atoms with Crippen LogP contribution >= 0.6 is 0 Å². The molecule has 3 rings (SSSR count). The van der Waals surface area contributed by atoms with Crippen LogP contribution in [0.15, 0.2) is 43.0 Å². The summed E-state index contributed by atoms with van der Waals surface area (Å²) >= 11 is 0. The summed E-state index contributed by atoms with van der Waals surface area (Å²) < 4.78 is 16.3. The number of rotatable bonds is 6. The minimum absolute atomic E-state index is 0.0167. The fourth-order valence-corrected chi connectivity index (χ4v) is 2.22. The van der Waals surface area contributed by atoms with Crippen molar-refractivity contribution in [1.82, 2.24) is 24.5 Å². The van der Waals surface area contributed by atoms with Gasteiger partial charge in [-0.1, -0.05) is 18.2 Å². The summed E-state index contributed by atoms with van der Waals surface area (Å²) in [6.45, 7) is 1.73. The van der Waals surface area contributed by atoms with Gasteiger partial charge in [-0.2, -0.15) is 5.10 Å². The third-order valence-corrected chi connectivity index (χ3v) is 3.69. The number of nitrogens with one attached hydrogen (secondary N) is 1. The molecule has 2 N–H and O–H groups in total. The fourth-order valence-electron chi connectivity index (χ4n) is 2.22. The Kier molecular flexibility index (Phi) is 4.74. The van der Waals surface area contributed by atoms with E-state index in [9.17, 15) is 14.0 Å². The minimum atomic E-state index is -1.13. The Morgan fingerprint density at radius 1 is 1.35 bits per heavy atom. The molecule has 0 aliphatic heterocycles. The van der Waals surface area contributed by atoms with Crippen molar-refractivity contribution in [3.8, 4) is 0 Å². The number of carboxylic acid groups (broad SMARTS) is 1. The molecule has 1 unspecified atom stereocenters. The molecule has 2 heterocycles. The van der Waals surface area contributed by atoms with E-state index in [0.717, 1.165) is 6.20 Å². The van der Waals surface area contributed by atoms with Crippen LogP contribution in [0.3, 0.4) is 0 Å². The maximum absolute atomic E-state index is 13.7. The lowest BCUT2D eigenvalue weighted by Crippen LogP contribution is -2.24. The fraction of sp³-hybridized carbons (Fsp3) is 0.188. The van der Waals surface area contributed by atoms with E-state index in [4.69, 9.17) is 5.11 Å². The molecule has 0 saturated carbocycles. The molecule has 9 nitrogen and oxygen atoms in total. The Morgan fingerprint density at radius 2 is 2.12 bits per heavy atom. The molecule has 26 heavy (non-hydrogen) atoms. The number of aromatic nitrogens is 5. The van der Waals surface area contributed by atoms with Gasteiger partial charge in [0.05, 0.1) is 18.3 Å². The lowest BCUT2D eigenvalue weighted by Gasteiger charge is -2.10. The highest BCUT2D eigenvalue weighted by Crippen LogP contribution is 2.11. The molecule has 0 aliphatic rings. The van der Waals surface area contributed by atoms with Gasteiger partial charge in [-0.05, 0) is 13.0 Å². The predicted octanol–water partition coefficient (Wildman–Crippen LogP) is 1.56. The molecule has 0 bridgehead atoms. The van der Waals surface area contributed by atoms with E-state index >= 15 is 0 Å². The molecular formula is C16H15FN6O3. The zero-order chi connectivity index (χ0) is 18.7. The molecule has 0 fully saturated rings. The number of halogens is 1. The second-order valence-corrected chi connectivity index (χ2v) is 5.54. The standard InChI is InChI=1S/C16H15FN6O3/c1-10(23-8-12(6-19-23)15(25)26)14(24)20-16-18-9-22(21-16)7-11-4-2-3-5-13(11)17/h2-6,8-10H,7H2,1H3,(H,25,26)(H,20,21,24). The predicted molar refractivity (Wildman–Crippen MR) is 88.1 cm³/mol. The van der Waals surface area contributed by atoms with E-state index in [-0.39, 0.29) is 23.9 Å². The summed E-state index contributed by atoms with van der Waals surface area (Å²) in [5, 5.41) is 19.3. The molecule has 1 atom stereocenters. The summed E-state index contributed by atoms with van der Waals surface area (Å²) in [6, 6.07) is 5.54. The first kappa shape index (κ1) is 17.3. The van der Waals surface area contributed by atoms with E-state index in [1.807, 2.05) is 0 Å². The molecular weight excluding hydrogens is 343 g/mol. The van der Waals surface area contributed by atoms with Gasteiger partial charge in [0.25, 0.3) is 5.91 Å². The van der Waals surface area contributed by atoms with Crippen molar-refractivity contribution in [3.63, 3.8) is 0 Å². The Hall–Kier alpha value is -3.56. The summed E-state index contributed by atoms with van der Waals surface area (Å²) in [4.78, 5) is 27.1. The highest BCUT2D eigenvalue weighted by atomic mass is 19.1. The highest BCUT2D eigenvalue weighted by molar-refractivity contribution is 5.92. The first-order valence-electron chi connectivity index (χ1n) is 7.65. The van der Waals surface area contributed by atoms with Crippen molar-refractivity contribution >= 4 is 17.8 Å². The Labute approximate surface area is 147 Å². The molecule has 0 radical (unpaired) electrons. The minimum Gasteiger partial charge on any atom is -0.478 e. The maximum atomic E-state index is 13.7. The zero-order valence-electron chi connectivity index (χ0n) is 13.7. The van der Waals surface area contributed by atoms with Crippen molar-refractivity contribution in [2.45, 2.75) is 19.5 Å². The Morgan fingerprint density at radius 3 is 2.81 bits per heavy atom. The van der Waals surface area contributed by atoms with Crippen molar-refractivity contribution in [1.29, 1.82) is 0 Å². The van der Waals surface area contributed by atoms with Crippen LogP contribution in [0.25, 0.3) is 0 Å². The molecule has 10 heteroatoms. The summed E-state index contributed by atoms with van der Waals surface area (Å²) in [5.41, 5.74) is 0.429. The van der Waals surface area contributed by atoms with Gasteiger partial charge in [0.15, 0.2) is 0 Å². The van der Waals surface area contributed by atoms with Crippen LogP contribution in [0.2, 0.25) is 0 Å². The van der Waals surface area contributed by atoms with Crippen molar-refractivity contribution in [3.05, 3.63) is 59.9 Å². The molecule has 0 saturated heterocycles. The van der Waals surface area contributed by atoms with Crippen LogP contribution in [0, 0.1) is 5.82 Å². The van der Waals surface area contributed by atoms with E-state index in [0.29, 0.717) is 5.56 Å². The topological polar surface area (TPSA) is 115 Å². The summed E-state index contributed by atoms with van der Waals surface area (Å²) in [5.74, 6) is -1.88. The van der Waals surface area contributed by atoms with Crippen molar-refractivity contribution < 1.29 is 19.1 Å². The molecule has 3 aromatic rings. The van der Waals surface area contributed by atoms with Gasteiger partial charge in [-0.15, -0.1) is 5.10 Å². The lowest BCUT2D eigenvalue weighted by atomic mass is 10.2. The van der Waals surface area contributed by atoms with Crippen LogP contribution in [0.1, 0.15) is 28.9 Å². The quantitative estimate of drug-likeness (QED) is 0.691. The monoisotopic (exact) mass is 358 g/mol. The zero-order valence-corrected chi connectivity index (χ0v) is 13.7. The molecule has 0 spiro atoms. The lowest BCUT2D eigenvalue weighted by molar-refractivity contribution is -0.119. The number of anilines is 1. The maximum Gasteiger partial charge on any atom is 0.338 e. The van der Waals surface area contributed by atoms with Gasteiger partial charge in [0, 0.05) is 11.8 Å². The number of hydrogen-bond acceptors (Lipinski definition) is 5. The van der Waals surface area contributed by atoms with Crippen LogP contribution in [-0.4, -0.2) is 41.5 Å². The largest absolute Gasteiger partial charge is 0.478 e. The number of hydrogen-bond donors (Lipinski definition) is 2. The number of benzene rings is 1. The summed E-state index contributed by atoms with van der Waals surface area (Å²) in [6.07, 6.45) is 3.80. The molecule has 1 aromatic carbocycles. The Bertz CT molecular complexity index is 951. The van der Waals surface area contributed by atoms with Crippen LogP contribution in [-0.2, 0) is 11.3 Å². The van der Waals surface area contributed by atoms with Crippen LogP contribution < -0.4 is 5.32 Å². The second kappa shape index (κ2) is 7.13. The average molecular weight is 358 g/mol. The SMILES string of the molecule is CC(C(=O)Nc1ncn(Cc2ccccc2F)n1)n1cc(C(=O)O)cn1. The van der Waals surface area contributed by atoms with E-state index < -0.39 is 17.9 Å². The molecule has 0 aliphatic carbocycles. The average Bonchev–Trinajstić information content (AvgIpc) is 3.26. The van der Waals surface area contributed by atoms with Gasteiger partial charge >= 0.3 is 5.97 Å². The number of aromatic carboxylic acids is 1. The first-order chi connectivity index (χ1) is 12.4. The van der Waals surface area contributed by atoms with E-state index in [2.05, 4.69) is 20.5 Å². The van der Waals surface area contributed by atoms with Crippen molar-refractivity contribution in [2.75, 3.05) is 5.32 Å². The third kappa shape index (κ3) is 3.74. The Balaban J connectivity index is 1.65. The number of carboxylic acids is 1. The van der Waals surface area contributed by atoms with Crippen LogP contribution in [0.5, 0.6) is 0 Å².